The third kappa shape index (κ3) is 3.94. The minimum Gasteiger partial charge on any atom is -0.456 e. The molecule has 0 fully saturated rings. The Morgan fingerprint density at radius 2 is 1.76 bits per heavy atom. The van der Waals surface area contributed by atoms with Crippen LogP contribution in [-0.4, -0.2) is 21.1 Å². The Hall–Kier alpha value is -2.95. The van der Waals surface area contributed by atoms with E-state index < -0.39 is 5.60 Å². The Labute approximate surface area is 145 Å². The van der Waals surface area contributed by atoms with Crippen LogP contribution in [0.2, 0.25) is 0 Å². The average Bonchev–Trinajstić information content (AvgIpc) is 2.57. The summed E-state index contributed by atoms with van der Waals surface area (Å²) in [6.45, 7) is 5.89. The van der Waals surface area contributed by atoms with Crippen LogP contribution in [0.5, 0.6) is 0 Å². The van der Waals surface area contributed by atoms with Gasteiger partial charge in [-0.3, -0.25) is 9.36 Å². The van der Waals surface area contributed by atoms with Gasteiger partial charge in [0.15, 0.2) is 0 Å². The molecule has 5 heteroatoms. The number of hydrogen-bond acceptors (Lipinski definition) is 4. The van der Waals surface area contributed by atoms with Crippen molar-refractivity contribution in [3.8, 4) is 0 Å². The van der Waals surface area contributed by atoms with Gasteiger partial charge >= 0.3 is 5.97 Å². The van der Waals surface area contributed by atoms with Crippen LogP contribution in [0.15, 0.2) is 59.7 Å². The minimum absolute atomic E-state index is 0.0816. The van der Waals surface area contributed by atoms with Gasteiger partial charge < -0.3 is 4.74 Å². The number of para-hydroxylation sites is 1. The fraction of sp³-hybridized carbons (Fsp3) is 0.250. The minimum atomic E-state index is -0.528. The van der Waals surface area contributed by atoms with Crippen LogP contribution in [0.3, 0.4) is 0 Å². The van der Waals surface area contributed by atoms with E-state index in [9.17, 15) is 9.59 Å². The Morgan fingerprint density at radius 3 is 2.44 bits per heavy atom. The molecule has 0 aliphatic rings. The number of fused-ring (bicyclic) bond motifs is 1. The summed E-state index contributed by atoms with van der Waals surface area (Å²) in [6.07, 6.45) is 1.55. The summed E-state index contributed by atoms with van der Waals surface area (Å²) in [6, 6.07) is 14.3. The zero-order valence-corrected chi connectivity index (χ0v) is 14.5. The first kappa shape index (κ1) is 16.9. The van der Waals surface area contributed by atoms with Crippen molar-refractivity contribution in [3.05, 3.63) is 76.3 Å². The van der Waals surface area contributed by atoms with E-state index in [0.29, 0.717) is 23.0 Å². The van der Waals surface area contributed by atoms with Crippen molar-refractivity contribution in [1.82, 2.24) is 9.55 Å². The maximum Gasteiger partial charge on any atom is 0.338 e. The number of nitrogens with zero attached hydrogens (tertiary/aromatic N) is 2. The molecule has 0 saturated heterocycles. The van der Waals surface area contributed by atoms with Crippen molar-refractivity contribution >= 4 is 16.9 Å². The number of ether oxygens (including phenoxy) is 1. The van der Waals surface area contributed by atoms with Crippen molar-refractivity contribution in [2.24, 2.45) is 0 Å². The van der Waals surface area contributed by atoms with Gasteiger partial charge in [-0.05, 0) is 50.6 Å². The van der Waals surface area contributed by atoms with Gasteiger partial charge in [-0.1, -0.05) is 24.3 Å². The van der Waals surface area contributed by atoms with Crippen LogP contribution in [0.1, 0.15) is 36.7 Å². The first-order chi connectivity index (χ1) is 11.8. The first-order valence-corrected chi connectivity index (χ1v) is 8.10. The van der Waals surface area contributed by atoms with Gasteiger partial charge in [-0.2, -0.15) is 0 Å². The highest BCUT2D eigenvalue weighted by Crippen LogP contribution is 2.13. The molecular formula is C20H20N2O3. The van der Waals surface area contributed by atoms with E-state index in [1.165, 1.54) is 0 Å². The number of carbonyl (C=O) groups is 1. The summed E-state index contributed by atoms with van der Waals surface area (Å²) >= 11 is 0. The second-order valence-electron chi connectivity index (χ2n) is 6.89. The molecule has 0 aliphatic heterocycles. The van der Waals surface area contributed by atoms with Gasteiger partial charge in [-0.25, -0.2) is 9.78 Å². The van der Waals surface area contributed by atoms with E-state index in [-0.39, 0.29) is 11.5 Å². The molecule has 0 saturated carbocycles. The lowest BCUT2D eigenvalue weighted by Gasteiger charge is -2.19. The summed E-state index contributed by atoms with van der Waals surface area (Å²) in [7, 11) is 0. The number of hydrogen-bond donors (Lipinski definition) is 0. The summed E-state index contributed by atoms with van der Waals surface area (Å²) in [5.74, 6) is -0.358. The monoisotopic (exact) mass is 336 g/mol. The van der Waals surface area contributed by atoms with Crippen LogP contribution in [0, 0.1) is 0 Å². The lowest BCUT2D eigenvalue weighted by atomic mass is 10.1. The van der Waals surface area contributed by atoms with E-state index in [2.05, 4.69) is 4.98 Å². The lowest BCUT2D eigenvalue weighted by molar-refractivity contribution is 0.00695. The third-order valence-electron chi connectivity index (χ3n) is 3.67. The van der Waals surface area contributed by atoms with Crippen LogP contribution in [-0.2, 0) is 11.3 Å². The third-order valence-corrected chi connectivity index (χ3v) is 3.67. The second-order valence-corrected chi connectivity index (χ2v) is 6.89. The molecule has 128 valence electrons. The van der Waals surface area contributed by atoms with Crippen LogP contribution < -0.4 is 5.56 Å². The quantitative estimate of drug-likeness (QED) is 0.688. The molecule has 1 aromatic heterocycles. The average molecular weight is 336 g/mol. The number of benzene rings is 2. The molecule has 3 rings (SSSR count). The summed E-state index contributed by atoms with van der Waals surface area (Å²) in [4.78, 5) is 28.9. The molecule has 2 aromatic carbocycles. The Balaban J connectivity index is 1.81. The zero-order chi connectivity index (χ0) is 18.0. The van der Waals surface area contributed by atoms with E-state index >= 15 is 0 Å². The van der Waals surface area contributed by atoms with Gasteiger partial charge in [0.2, 0.25) is 0 Å². The molecule has 0 unspecified atom stereocenters. The Kier molecular flexibility index (Phi) is 4.40. The van der Waals surface area contributed by atoms with E-state index in [0.717, 1.165) is 5.56 Å². The second kappa shape index (κ2) is 6.51. The molecule has 0 bridgehead atoms. The zero-order valence-electron chi connectivity index (χ0n) is 14.5. The maximum atomic E-state index is 12.5. The molecule has 0 radical (unpaired) electrons. The fourth-order valence-corrected chi connectivity index (χ4v) is 2.50. The fourth-order valence-electron chi connectivity index (χ4n) is 2.50. The summed E-state index contributed by atoms with van der Waals surface area (Å²) < 4.78 is 6.91. The molecule has 1 heterocycles. The Morgan fingerprint density at radius 1 is 1.08 bits per heavy atom. The number of carbonyl (C=O) groups excluding carboxylic acids is 1. The van der Waals surface area contributed by atoms with E-state index in [4.69, 9.17) is 4.74 Å². The highest BCUT2D eigenvalue weighted by Gasteiger charge is 2.17. The van der Waals surface area contributed by atoms with Crippen molar-refractivity contribution in [3.63, 3.8) is 0 Å². The van der Waals surface area contributed by atoms with Crippen LogP contribution >= 0.6 is 0 Å². The summed E-state index contributed by atoms with van der Waals surface area (Å²) in [5.41, 5.74) is 1.47. The molecule has 0 spiro atoms. The molecule has 5 nitrogen and oxygen atoms in total. The van der Waals surface area contributed by atoms with Gasteiger partial charge in [0.25, 0.3) is 5.56 Å². The smallest absolute Gasteiger partial charge is 0.338 e. The SMILES string of the molecule is CC(C)(C)OC(=O)c1ccc(Cn2cnc3ccccc3c2=O)cc1. The summed E-state index contributed by atoms with van der Waals surface area (Å²) in [5, 5.41) is 0.593. The molecule has 25 heavy (non-hydrogen) atoms. The van der Waals surface area contributed by atoms with Gasteiger partial charge in [-0.15, -0.1) is 0 Å². The van der Waals surface area contributed by atoms with Crippen LogP contribution in [0.4, 0.5) is 0 Å². The molecule has 0 atom stereocenters. The highest BCUT2D eigenvalue weighted by atomic mass is 16.6. The molecule has 0 amide bonds. The molecule has 0 N–H and O–H groups in total. The largest absolute Gasteiger partial charge is 0.456 e. The van der Waals surface area contributed by atoms with Crippen molar-refractivity contribution in [2.45, 2.75) is 32.9 Å². The topological polar surface area (TPSA) is 61.2 Å². The predicted octanol–water partition coefficient (Wildman–Crippen LogP) is 3.40. The maximum absolute atomic E-state index is 12.5. The molecular weight excluding hydrogens is 316 g/mol. The van der Waals surface area contributed by atoms with Crippen molar-refractivity contribution in [1.29, 1.82) is 0 Å². The van der Waals surface area contributed by atoms with Crippen LogP contribution in [0.25, 0.3) is 10.9 Å². The molecule has 3 aromatic rings. The first-order valence-electron chi connectivity index (χ1n) is 8.10. The molecule has 0 aliphatic carbocycles. The number of aromatic nitrogens is 2. The normalized spacial score (nSPS) is 11.5. The predicted molar refractivity (Wildman–Crippen MR) is 96.7 cm³/mol. The standard InChI is InChI=1S/C20H20N2O3/c1-20(2,3)25-19(24)15-10-8-14(9-11-15)12-22-13-21-17-7-5-4-6-16(17)18(22)23/h4-11,13H,12H2,1-3H3. The van der Waals surface area contributed by atoms with Crippen molar-refractivity contribution in [2.75, 3.05) is 0 Å². The number of esters is 1. The van der Waals surface area contributed by atoms with Gasteiger partial charge in [0.05, 0.1) is 29.3 Å². The van der Waals surface area contributed by atoms with E-state index in [1.807, 2.05) is 51.1 Å². The van der Waals surface area contributed by atoms with Crippen molar-refractivity contribution < 1.29 is 9.53 Å². The van der Waals surface area contributed by atoms with Gasteiger partial charge in [0.1, 0.15) is 5.60 Å². The lowest BCUT2D eigenvalue weighted by Crippen LogP contribution is -2.24. The van der Waals surface area contributed by atoms with E-state index in [1.54, 1.807) is 29.1 Å². The van der Waals surface area contributed by atoms with Gasteiger partial charge in [0, 0.05) is 0 Å². The number of rotatable bonds is 3. The highest BCUT2D eigenvalue weighted by molar-refractivity contribution is 5.89. The Bertz CT molecular complexity index is 967.